The van der Waals surface area contributed by atoms with Gasteiger partial charge in [0, 0.05) is 88.3 Å². The van der Waals surface area contributed by atoms with Crippen LogP contribution in [0.25, 0.3) is 16.6 Å². The highest BCUT2D eigenvalue weighted by atomic mass is 32.2. The molecule has 3 amide bonds. The Balaban J connectivity index is 0.745. The predicted octanol–water partition coefficient (Wildman–Crippen LogP) is 5.22. The molecule has 0 radical (unpaired) electrons. The van der Waals surface area contributed by atoms with Crippen molar-refractivity contribution in [1.82, 2.24) is 29.0 Å². The van der Waals surface area contributed by atoms with Gasteiger partial charge in [0.1, 0.15) is 35.9 Å². The summed E-state index contributed by atoms with van der Waals surface area (Å²) in [5.74, 6) is -2.34. The molecule has 1 saturated carbocycles. The third-order valence-corrected chi connectivity index (χ3v) is 15.8. The number of alkyl halides is 1. The van der Waals surface area contributed by atoms with Crippen LogP contribution in [0.3, 0.4) is 0 Å². The second kappa shape index (κ2) is 18.5. The molecule has 0 spiro atoms. The number of fused-ring (bicyclic) bond motifs is 2. The Hall–Kier alpha value is -6.95. The Bertz CT molecular complexity index is 3080. The molecule has 3 saturated heterocycles. The SMILES string of the molecule is CN(c1ccc(-n2cnc3ccc(Oc4c(F)ccc(NS(=O)(=O)N5CC[C@@H](F)C5)c4C#N)cc3c2=O)cc1)[C@H]1CC[C@H](N2CCN(c3ccc4c(c3)CN([C@H]3CCC(=O)NC3=O)C4=O)CC2)CC1. The van der Waals surface area contributed by atoms with Crippen molar-refractivity contribution in [3.05, 3.63) is 112 Å². The first-order valence-electron chi connectivity index (χ1n) is 23.2. The Morgan fingerprint density at radius 3 is 2.35 bits per heavy atom. The molecular weight excluding hydrogens is 911 g/mol. The van der Waals surface area contributed by atoms with Gasteiger partial charge in [0.05, 0.1) is 22.3 Å². The summed E-state index contributed by atoms with van der Waals surface area (Å²) in [5.41, 5.74) is 3.47. The Kier molecular flexibility index (Phi) is 12.3. The predicted molar refractivity (Wildman–Crippen MR) is 253 cm³/mol. The van der Waals surface area contributed by atoms with Crippen molar-refractivity contribution in [2.75, 3.05) is 60.8 Å². The average molecular weight is 961 g/mol. The molecule has 20 heteroatoms. The zero-order chi connectivity index (χ0) is 48.1. The Morgan fingerprint density at radius 1 is 0.884 bits per heavy atom. The minimum absolute atomic E-state index is 0.0146. The van der Waals surface area contributed by atoms with Crippen LogP contribution in [-0.2, 0) is 26.3 Å². The van der Waals surface area contributed by atoms with E-state index in [1.54, 1.807) is 11.0 Å². The van der Waals surface area contributed by atoms with Gasteiger partial charge >= 0.3 is 10.2 Å². The zero-order valence-electron chi connectivity index (χ0n) is 37.8. The number of nitrogens with one attached hydrogen (secondary N) is 2. The number of carbonyl (C=O) groups excluding carboxylic acids is 3. The molecule has 358 valence electrons. The smallest absolute Gasteiger partial charge is 0.301 e. The standard InChI is InChI=1S/C49H50F2N10O7S/c1-56(32-2-6-34(7-3-32)57-20-22-58(23-21-57)36-10-12-38-30(24-36)27-60(48(38)64)44-16-17-45(62)54-47(44)63)33-4-8-35(9-5-33)61-29-53-42-14-11-37(25-39(42)49(61)65)68-46-40(26-52)43(15-13-41(46)51)55-69(66,67)59-19-18-31(50)28-59/h4-5,8-15,24-25,29,31-32,34,44,55H,2-3,6-7,16-23,27-28H2,1H3,(H,54,62,63)/t31-,32-,34-,44+/m1/s1. The average Bonchev–Trinajstić information content (AvgIpc) is 3.95. The number of imide groups is 1. The number of nitriles is 1. The summed E-state index contributed by atoms with van der Waals surface area (Å²) >= 11 is 0. The van der Waals surface area contributed by atoms with Crippen LogP contribution in [0, 0.1) is 17.1 Å². The van der Waals surface area contributed by atoms with Gasteiger partial charge in [0.25, 0.3) is 11.5 Å². The Labute approximate surface area is 397 Å². The fourth-order valence-electron chi connectivity index (χ4n) is 10.4. The molecule has 5 aromatic rings. The van der Waals surface area contributed by atoms with Gasteiger partial charge in [-0.15, -0.1) is 0 Å². The minimum Gasteiger partial charge on any atom is -0.453 e. The number of hydrogen-bond donors (Lipinski definition) is 2. The molecule has 10 rings (SSSR count). The molecule has 2 N–H and O–H groups in total. The molecule has 1 aromatic heterocycles. The largest absolute Gasteiger partial charge is 0.453 e. The van der Waals surface area contributed by atoms with Gasteiger partial charge in [-0.1, -0.05) is 0 Å². The van der Waals surface area contributed by atoms with Crippen LogP contribution < -0.4 is 30.1 Å². The second-order valence-corrected chi connectivity index (χ2v) is 20.0. The summed E-state index contributed by atoms with van der Waals surface area (Å²) in [6, 6.07) is 22.0. The number of halogens is 2. The third-order valence-electron chi connectivity index (χ3n) is 14.3. The van der Waals surface area contributed by atoms with E-state index in [0.717, 1.165) is 85.2 Å². The van der Waals surface area contributed by atoms with Crippen LogP contribution >= 0.6 is 0 Å². The van der Waals surface area contributed by atoms with Gasteiger partial charge in [0.15, 0.2) is 11.6 Å². The number of ether oxygens (including phenoxy) is 1. The van der Waals surface area contributed by atoms with Gasteiger partial charge in [-0.3, -0.25) is 38.7 Å². The molecule has 4 fully saturated rings. The Morgan fingerprint density at radius 2 is 1.64 bits per heavy atom. The molecule has 69 heavy (non-hydrogen) atoms. The number of amides is 3. The molecule has 4 aliphatic heterocycles. The normalized spacial score (nSPS) is 22.4. The second-order valence-electron chi connectivity index (χ2n) is 18.3. The maximum absolute atomic E-state index is 15.2. The molecule has 5 aliphatic rings. The quantitative estimate of drug-likeness (QED) is 0.164. The maximum atomic E-state index is 15.2. The first kappa shape index (κ1) is 45.8. The number of hydrogen-bond acceptors (Lipinski definition) is 12. The van der Waals surface area contributed by atoms with E-state index >= 15 is 4.39 Å². The van der Waals surface area contributed by atoms with Crippen molar-refractivity contribution >= 4 is 55.9 Å². The first-order valence-corrected chi connectivity index (χ1v) is 24.6. The van der Waals surface area contributed by atoms with E-state index in [-0.39, 0.29) is 54.6 Å². The number of nitrogens with zero attached hydrogens (tertiary/aromatic N) is 8. The van der Waals surface area contributed by atoms with Crippen LogP contribution in [0.2, 0.25) is 0 Å². The number of aromatic nitrogens is 2. The third kappa shape index (κ3) is 8.97. The first-order chi connectivity index (χ1) is 33.2. The van der Waals surface area contributed by atoms with Crippen LogP contribution in [0.4, 0.5) is 25.8 Å². The number of carbonyl (C=O) groups is 3. The lowest BCUT2D eigenvalue weighted by atomic mass is 9.88. The maximum Gasteiger partial charge on any atom is 0.301 e. The monoisotopic (exact) mass is 960 g/mol. The molecule has 17 nitrogen and oxygen atoms in total. The van der Waals surface area contributed by atoms with Gasteiger partial charge in [-0.25, -0.2) is 13.8 Å². The van der Waals surface area contributed by atoms with E-state index in [9.17, 15) is 37.2 Å². The highest BCUT2D eigenvalue weighted by Crippen LogP contribution is 2.36. The lowest BCUT2D eigenvalue weighted by Gasteiger charge is -2.44. The lowest BCUT2D eigenvalue weighted by Crippen LogP contribution is -2.52. The summed E-state index contributed by atoms with van der Waals surface area (Å²) in [7, 11) is -2.15. The molecular formula is C49H50F2N10O7S. The fourth-order valence-corrected chi connectivity index (χ4v) is 11.7. The van der Waals surface area contributed by atoms with Crippen LogP contribution in [0.5, 0.6) is 11.5 Å². The van der Waals surface area contributed by atoms with Crippen molar-refractivity contribution in [2.45, 2.75) is 75.8 Å². The number of rotatable bonds is 11. The molecule has 1 aliphatic carbocycles. The van der Waals surface area contributed by atoms with Crippen molar-refractivity contribution < 1.29 is 36.3 Å². The zero-order valence-corrected chi connectivity index (χ0v) is 38.6. The fraction of sp³-hybridized carbons (Fsp3) is 0.388. The van der Waals surface area contributed by atoms with E-state index in [2.05, 4.69) is 42.8 Å². The summed E-state index contributed by atoms with van der Waals surface area (Å²) in [4.78, 5) is 64.6. The highest BCUT2D eigenvalue weighted by molar-refractivity contribution is 7.90. The van der Waals surface area contributed by atoms with E-state index in [0.29, 0.717) is 41.8 Å². The molecule has 0 unspecified atom stereocenters. The number of piperidine rings is 1. The summed E-state index contributed by atoms with van der Waals surface area (Å²) in [5, 5.41) is 12.5. The van der Waals surface area contributed by atoms with E-state index in [4.69, 9.17) is 4.74 Å². The molecule has 2 atom stereocenters. The van der Waals surface area contributed by atoms with Gasteiger partial charge in [0.2, 0.25) is 11.8 Å². The van der Waals surface area contributed by atoms with Gasteiger partial charge in [-0.2, -0.15) is 18.0 Å². The van der Waals surface area contributed by atoms with E-state index in [1.807, 2.05) is 36.4 Å². The van der Waals surface area contributed by atoms with Crippen LogP contribution in [-0.4, -0.2) is 120 Å². The lowest BCUT2D eigenvalue weighted by molar-refractivity contribution is -0.136. The number of anilines is 3. The molecule has 4 aromatic carbocycles. The summed E-state index contributed by atoms with van der Waals surface area (Å²) in [6.07, 6.45) is 4.94. The van der Waals surface area contributed by atoms with Crippen molar-refractivity contribution in [1.29, 1.82) is 5.26 Å². The molecule has 5 heterocycles. The van der Waals surface area contributed by atoms with Crippen molar-refractivity contribution in [2.24, 2.45) is 0 Å². The van der Waals surface area contributed by atoms with Crippen molar-refractivity contribution in [3.8, 4) is 23.3 Å². The van der Waals surface area contributed by atoms with Crippen LogP contribution in [0.15, 0.2) is 83.9 Å². The molecule has 0 bridgehead atoms. The highest BCUT2D eigenvalue weighted by Gasteiger charge is 2.40. The van der Waals surface area contributed by atoms with Crippen molar-refractivity contribution in [3.63, 3.8) is 0 Å². The topological polar surface area (TPSA) is 194 Å². The van der Waals surface area contributed by atoms with Crippen LogP contribution in [0.1, 0.15) is 66.4 Å². The number of benzene rings is 4. The van der Waals surface area contributed by atoms with E-state index < -0.39 is 51.0 Å². The summed E-state index contributed by atoms with van der Waals surface area (Å²) in [6.45, 7) is 3.60. The van der Waals surface area contributed by atoms with Gasteiger partial charge in [-0.05, 0) is 117 Å². The van der Waals surface area contributed by atoms with Gasteiger partial charge < -0.3 is 19.4 Å². The summed E-state index contributed by atoms with van der Waals surface area (Å²) < 4.78 is 65.2. The minimum atomic E-state index is -4.24. The number of piperazine rings is 1. The van der Waals surface area contributed by atoms with E-state index in [1.165, 1.54) is 29.1 Å².